The average molecular weight is 383 g/mol. The molecule has 0 bridgehead atoms. The first kappa shape index (κ1) is 22.8. The summed E-state index contributed by atoms with van der Waals surface area (Å²) in [7, 11) is 0. The van der Waals surface area contributed by atoms with Crippen LogP contribution in [-0.4, -0.2) is 116 Å². The van der Waals surface area contributed by atoms with E-state index in [4.69, 9.17) is 19.7 Å². The third-order valence-electron chi connectivity index (χ3n) is 3.93. The van der Waals surface area contributed by atoms with Crippen LogP contribution in [0, 0.1) is 0 Å². The van der Waals surface area contributed by atoms with Gasteiger partial charge < -0.3 is 55.3 Å². The fourth-order valence-corrected chi connectivity index (χ4v) is 2.47. The number of aliphatic hydroxyl groups is 7. The van der Waals surface area contributed by atoms with Crippen molar-refractivity contribution in [2.24, 2.45) is 0 Å². The van der Waals surface area contributed by atoms with E-state index in [1.165, 1.54) is 0 Å². The summed E-state index contributed by atoms with van der Waals surface area (Å²) in [5.41, 5.74) is 0. The Morgan fingerprint density at radius 3 is 2.27 bits per heavy atom. The van der Waals surface area contributed by atoms with E-state index in [1.807, 2.05) is 0 Å². The third kappa shape index (κ3) is 5.39. The average Bonchev–Trinajstić information content (AvgIpc) is 2.62. The van der Waals surface area contributed by atoms with Crippen molar-refractivity contribution in [3.63, 3.8) is 0 Å². The summed E-state index contributed by atoms with van der Waals surface area (Å²) >= 11 is 0. The number of rotatable bonds is 9. The molecule has 1 heterocycles. The fourth-order valence-electron chi connectivity index (χ4n) is 2.47. The highest BCUT2D eigenvalue weighted by Gasteiger charge is 2.47. The van der Waals surface area contributed by atoms with Gasteiger partial charge in [0.25, 0.3) is 0 Å². The fraction of sp³-hybridized carbons (Fsp3) is 0.857. The summed E-state index contributed by atoms with van der Waals surface area (Å²) < 4.78 is 10.4. The zero-order valence-corrected chi connectivity index (χ0v) is 14.0. The van der Waals surface area contributed by atoms with Gasteiger partial charge in [0.2, 0.25) is 5.91 Å². The zero-order chi connectivity index (χ0) is 20.0. The molecule has 0 unspecified atom stereocenters. The molecule has 0 aliphatic carbocycles. The maximum atomic E-state index is 11.3. The molecule has 1 rings (SSSR count). The largest absolute Gasteiger partial charge is 0.394 e. The van der Waals surface area contributed by atoms with E-state index >= 15 is 0 Å². The summed E-state index contributed by atoms with van der Waals surface area (Å²) in [6.45, 7) is -0.558. The van der Waals surface area contributed by atoms with E-state index in [0.717, 1.165) is 6.92 Å². The number of hydrogen-bond acceptors (Lipinski definition) is 11. The predicted octanol–water partition coefficient (Wildman–Crippen LogP) is -5.41. The second-order valence-electron chi connectivity index (χ2n) is 5.90. The highest BCUT2D eigenvalue weighted by molar-refractivity contribution is 5.77. The van der Waals surface area contributed by atoms with Crippen LogP contribution < -0.4 is 5.32 Å². The van der Waals surface area contributed by atoms with Crippen LogP contribution in [0.2, 0.25) is 0 Å². The first-order valence-corrected chi connectivity index (χ1v) is 7.83. The lowest BCUT2D eigenvalue weighted by atomic mass is 9.98. The minimum absolute atomic E-state index is 0.198. The molecule has 1 fully saturated rings. The third-order valence-corrected chi connectivity index (χ3v) is 3.93. The van der Waals surface area contributed by atoms with E-state index in [2.05, 4.69) is 5.32 Å². The molecule has 0 aromatic rings. The number of aldehydes is 1. The molecule has 1 amide bonds. The van der Waals surface area contributed by atoms with E-state index in [1.54, 1.807) is 0 Å². The molecule has 152 valence electrons. The number of hydrogen-bond donors (Lipinski definition) is 8. The summed E-state index contributed by atoms with van der Waals surface area (Å²) in [6, 6.07) is -1.50. The van der Waals surface area contributed by atoms with Gasteiger partial charge in [-0.1, -0.05) is 0 Å². The molecule has 0 aromatic heterocycles. The van der Waals surface area contributed by atoms with Crippen molar-refractivity contribution in [1.29, 1.82) is 0 Å². The lowest BCUT2D eigenvalue weighted by Crippen LogP contribution is -2.62. The first-order valence-electron chi connectivity index (χ1n) is 7.83. The van der Waals surface area contributed by atoms with Gasteiger partial charge in [-0.25, -0.2) is 0 Å². The lowest BCUT2D eigenvalue weighted by molar-refractivity contribution is -0.320. The Balaban J connectivity index is 3.06. The van der Waals surface area contributed by atoms with E-state index in [-0.39, 0.29) is 6.29 Å². The summed E-state index contributed by atoms with van der Waals surface area (Å²) in [5.74, 6) is -0.671. The molecule has 9 atom stereocenters. The van der Waals surface area contributed by atoms with Crippen molar-refractivity contribution in [3.05, 3.63) is 0 Å². The van der Waals surface area contributed by atoms with Crippen molar-refractivity contribution < 1.29 is 54.8 Å². The molecule has 0 aromatic carbocycles. The Hall–Kier alpha value is -1.22. The summed E-state index contributed by atoms with van der Waals surface area (Å²) in [4.78, 5) is 22.5. The molecule has 1 saturated heterocycles. The SMILES string of the molecule is CC(=O)N[C@@H](C=O)[C@H](O[C@@H]1O[C@H](CO)[C@H](O)[C@H](O)[C@H]1O)[C@@H](O)[C@H](O)CO. The van der Waals surface area contributed by atoms with Crippen LogP contribution >= 0.6 is 0 Å². The van der Waals surface area contributed by atoms with Crippen molar-refractivity contribution in [2.45, 2.75) is 62.0 Å². The highest BCUT2D eigenvalue weighted by atomic mass is 16.7. The van der Waals surface area contributed by atoms with E-state index in [9.17, 15) is 35.1 Å². The molecule has 26 heavy (non-hydrogen) atoms. The normalized spacial score (nSPS) is 33.8. The summed E-state index contributed by atoms with van der Waals surface area (Å²) in [6.07, 6.45) is -13.5. The highest BCUT2D eigenvalue weighted by Crippen LogP contribution is 2.24. The van der Waals surface area contributed by atoms with Crippen molar-refractivity contribution in [2.75, 3.05) is 13.2 Å². The molecule has 8 N–H and O–H groups in total. The molecular formula is C14H25NO11. The van der Waals surface area contributed by atoms with Crippen LogP contribution in [0.25, 0.3) is 0 Å². The lowest BCUT2D eigenvalue weighted by Gasteiger charge is -2.42. The Labute approximate surface area is 148 Å². The molecule has 0 radical (unpaired) electrons. The molecule has 1 aliphatic rings. The molecule has 0 saturated carbocycles. The number of nitrogens with one attached hydrogen (secondary N) is 1. The monoisotopic (exact) mass is 383 g/mol. The minimum Gasteiger partial charge on any atom is -0.394 e. The molecule has 1 aliphatic heterocycles. The van der Waals surface area contributed by atoms with Crippen LogP contribution in [0.5, 0.6) is 0 Å². The van der Waals surface area contributed by atoms with Gasteiger partial charge >= 0.3 is 0 Å². The van der Waals surface area contributed by atoms with Crippen molar-refractivity contribution in [3.8, 4) is 0 Å². The van der Waals surface area contributed by atoms with Crippen LogP contribution in [0.3, 0.4) is 0 Å². The first-order chi connectivity index (χ1) is 12.2. The van der Waals surface area contributed by atoms with Gasteiger partial charge in [0.05, 0.1) is 13.2 Å². The van der Waals surface area contributed by atoms with Crippen LogP contribution in [-0.2, 0) is 19.1 Å². The topological polar surface area (TPSA) is 206 Å². The Morgan fingerprint density at radius 1 is 1.19 bits per heavy atom. The van der Waals surface area contributed by atoms with Gasteiger partial charge in [0.15, 0.2) is 6.29 Å². The predicted molar refractivity (Wildman–Crippen MR) is 81.4 cm³/mol. The van der Waals surface area contributed by atoms with Crippen molar-refractivity contribution >= 4 is 12.2 Å². The second kappa shape index (κ2) is 10.2. The number of ether oxygens (including phenoxy) is 2. The molecule has 12 nitrogen and oxygen atoms in total. The molecule has 12 heteroatoms. The summed E-state index contributed by atoms with van der Waals surface area (Å²) in [5, 5.41) is 69.5. The van der Waals surface area contributed by atoms with Gasteiger partial charge in [-0.2, -0.15) is 0 Å². The van der Waals surface area contributed by atoms with Gasteiger partial charge in [-0.15, -0.1) is 0 Å². The maximum Gasteiger partial charge on any atom is 0.217 e. The van der Waals surface area contributed by atoms with Crippen LogP contribution in [0.1, 0.15) is 6.92 Å². The quantitative estimate of drug-likeness (QED) is 0.176. The standard InChI is InChI=1S/C14H25NO11/c1-5(19)15-6(2-16)13(9(21)7(20)3-17)26-14-12(24)11(23)10(22)8(4-18)25-14/h2,6-14,17-18,20-24H,3-4H2,1H3,(H,15,19)/t6-,7+,8+,9-,10-,11-,12+,13-,14-/m0/s1. The zero-order valence-electron chi connectivity index (χ0n) is 14.0. The van der Waals surface area contributed by atoms with Crippen LogP contribution in [0.4, 0.5) is 0 Å². The van der Waals surface area contributed by atoms with Gasteiger partial charge in [0.1, 0.15) is 55.1 Å². The second-order valence-corrected chi connectivity index (χ2v) is 5.90. The Kier molecular flexibility index (Phi) is 8.95. The Bertz CT molecular complexity index is 462. The molecule has 0 spiro atoms. The smallest absolute Gasteiger partial charge is 0.217 e. The van der Waals surface area contributed by atoms with Gasteiger partial charge in [-0.05, 0) is 0 Å². The van der Waals surface area contributed by atoms with Crippen LogP contribution in [0.15, 0.2) is 0 Å². The van der Waals surface area contributed by atoms with E-state index < -0.39 is 74.2 Å². The molecular weight excluding hydrogens is 358 g/mol. The number of carbonyl (C=O) groups excluding carboxylic acids is 2. The van der Waals surface area contributed by atoms with Gasteiger partial charge in [0, 0.05) is 6.92 Å². The maximum absolute atomic E-state index is 11.3. The Morgan fingerprint density at radius 2 is 1.81 bits per heavy atom. The van der Waals surface area contributed by atoms with E-state index in [0.29, 0.717) is 0 Å². The minimum atomic E-state index is -1.89. The number of amides is 1. The number of aliphatic hydroxyl groups excluding tert-OH is 7. The van der Waals surface area contributed by atoms with Crippen molar-refractivity contribution in [1.82, 2.24) is 5.32 Å². The number of carbonyl (C=O) groups is 2. The van der Waals surface area contributed by atoms with Gasteiger partial charge in [-0.3, -0.25) is 4.79 Å².